The fourth-order valence-electron chi connectivity index (χ4n) is 4.03. The molecule has 0 atom stereocenters. The zero-order valence-corrected chi connectivity index (χ0v) is 13.0. The van der Waals surface area contributed by atoms with E-state index in [1.165, 1.54) is 43.5 Å². The molecule has 0 spiro atoms. The largest absolute Gasteiger partial charge is 0.356 e. The van der Waals surface area contributed by atoms with Crippen LogP contribution in [0.4, 0.5) is 5.82 Å². The highest BCUT2D eigenvalue weighted by Crippen LogP contribution is 2.33. The summed E-state index contributed by atoms with van der Waals surface area (Å²) >= 11 is 0. The highest BCUT2D eigenvalue weighted by atomic mass is 15.4. The summed E-state index contributed by atoms with van der Waals surface area (Å²) in [5.41, 5.74) is 3.62. The van der Waals surface area contributed by atoms with Gasteiger partial charge in [0.2, 0.25) is 0 Å². The first-order valence-electron chi connectivity index (χ1n) is 8.30. The molecule has 2 aromatic heterocycles. The summed E-state index contributed by atoms with van der Waals surface area (Å²) < 4.78 is 1.89. The number of aromatic nitrogens is 3. The van der Waals surface area contributed by atoms with E-state index in [4.69, 9.17) is 0 Å². The molecule has 5 nitrogen and oxygen atoms in total. The molecule has 4 rings (SSSR count). The summed E-state index contributed by atoms with van der Waals surface area (Å²) in [4.78, 5) is 7.08. The minimum Gasteiger partial charge on any atom is -0.356 e. The second-order valence-electron chi connectivity index (χ2n) is 6.60. The second kappa shape index (κ2) is 5.28. The van der Waals surface area contributed by atoms with Crippen LogP contribution in [0.15, 0.2) is 6.20 Å². The molecule has 2 aromatic rings. The van der Waals surface area contributed by atoms with Gasteiger partial charge in [-0.3, -0.25) is 0 Å². The van der Waals surface area contributed by atoms with Crippen LogP contribution in [0.5, 0.6) is 0 Å². The summed E-state index contributed by atoms with van der Waals surface area (Å²) in [6.45, 7) is 4.22. The van der Waals surface area contributed by atoms with Gasteiger partial charge < -0.3 is 4.90 Å². The van der Waals surface area contributed by atoms with Crippen molar-refractivity contribution >= 4 is 11.5 Å². The third-order valence-electron chi connectivity index (χ3n) is 5.18. The van der Waals surface area contributed by atoms with Crippen LogP contribution in [0, 0.1) is 24.2 Å². The fraction of sp³-hybridized carbons (Fsp3) is 0.588. The first kappa shape index (κ1) is 13.6. The standard InChI is InChI=1S/C17H21N5/c1-12-15-7-8-21(11-13-5-3-2-4-6-13)17(15)22-16(20-12)14(9-18)10-19-22/h10,13H,2-8,11H2,1H3. The van der Waals surface area contributed by atoms with Gasteiger partial charge in [-0.05, 0) is 32.1 Å². The van der Waals surface area contributed by atoms with Gasteiger partial charge in [0, 0.05) is 24.3 Å². The molecule has 1 aliphatic heterocycles. The summed E-state index contributed by atoms with van der Waals surface area (Å²) in [7, 11) is 0. The van der Waals surface area contributed by atoms with Gasteiger partial charge in [-0.25, -0.2) is 4.98 Å². The first-order valence-corrected chi connectivity index (χ1v) is 8.30. The Morgan fingerprint density at radius 3 is 2.91 bits per heavy atom. The highest BCUT2D eigenvalue weighted by Gasteiger charge is 2.28. The van der Waals surface area contributed by atoms with Crippen LogP contribution >= 0.6 is 0 Å². The maximum atomic E-state index is 9.23. The molecule has 0 saturated heterocycles. The molecule has 0 unspecified atom stereocenters. The smallest absolute Gasteiger partial charge is 0.175 e. The summed E-state index contributed by atoms with van der Waals surface area (Å²) in [6.07, 6.45) is 9.51. The van der Waals surface area contributed by atoms with Crippen molar-refractivity contribution in [3.8, 4) is 6.07 Å². The van der Waals surface area contributed by atoms with Gasteiger partial charge >= 0.3 is 0 Å². The number of fused-ring (bicyclic) bond motifs is 3. The molecule has 0 bridgehead atoms. The summed E-state index contributed by atoms with van der Waals surface area (Å²) in [6, 6.07) is 2.20. The van der Waals surface area contributed by atoms with Crippen LogP contribution < -0.4 is 4.90 Å². The molecule has 0 aromatic carbocycles. The second-order valence-corrected chi connectivity index (χ2v) is 6.60. The van der Waals surface area contributed by atoms with Crippen molar-refractivity contribution in [2.45, 2.75) is 45.4 Å². The number of nitriles is 1. The number of nitrogens with zero attached hydrogens (tertiary/aromatic N) is 5. The van der Waals surface area contributed by atoms with E-state index in [1.54, 1.807) is 6.20 Å². The zero-order valence-electron chi connectivity index (χ0n) is 13.0. The van der Waals surface area contributed by atoms with Crippen molar-refractivity contribution in [1.82, 2.24) is 14.6 Å². The van der Waals surface area contributed by atoms with Crippen molar-refractivity contribution in [3.63, 3.8) is 0 Å². The predicted octanol–water partition coefficient (Wildman–Crippen LogP) is 2.85. The molecule has 1 fully saturated rings. The highest BCUT2D eigenvalue weighted by molar-refractivity contribution is 5.64. The monoisotopic (exact) mass is 295 g/mol. The van der Waals surface area contributed by atoms with Crippen LogP contribution in [-0.2, 0) is 6.42 Å². The van der Waals surface area contributed by atoms with E-state index in [0.29, 0.717) is 11.2 Å². The lowest BCUT2D eigenvalue weighted by Crippen LogP contribution is -2.30. The number of aryl methyl sites for hydroxylation is 1. The van der Waals surface area contributed by atoms with Gasteiger partial charge in [0.1, 0.15) is 17.5 Å². The first-order chi connectivity index (χ1) is 10.8. The van der Waals surface area contributed by atoms with Crippen LogP contribution in [0.25, 0.3) is 5.65 Å². The molecule has 0 radical (unpaired) electrons. The van der Waals surface area contributed by atoms with Crippen LogP contribution in [0.1, 0.15) is 48.9 Å². The topological polar surface area (TPSA) is 57.2 Å². The Morgan fingerprint density at radius 2 is 2.14 bits per heavy atom. The number of anilines is 1. The van der Waals surface area contributed by atoms with Gasteiger partial charge in [-0.2, -0.15) is 14.9 Å². The van der Waals surface area contributed by atoms with Crippen molar-refractivity contribution < 1.29 is 0 Å². The molecule has 114 valence electrons. The molecular weight excluding hydrogens is 274 g/mol. The molecule has 22 heavy (non-hydrogen) atoms. The minimum absolute atomic E-state index is 0.565. The Morgan fingerprint density at radius 1 is 1.32 bits per heavy atom. The summed E-state index contributed by atoms with van der Waals surface area (Å²) in [5.74, 6) is 1.98. The molecule has 0 N–H and O–H groups in total. The lowest BCUT2D eigenvalue weighted by molar-refractivity contribution is 0.359. The maximum Gasteiger partial charge on any atom is 0.175 e. The third-order valence-corrected chi connectivity index (χ3v) is 5.18. The molecule has 3 heterocycles. The van der Waals surface area contributed by atoms with Crippen LogP contribution in [0.2, 0.25) is 0 Å². The van der Waals surface area contributed by atoms with Crippen molar-refractivity contribution in [3.05, 3.63) is 23.0 Å². The Labute approximate surface area is 130 Å². The van der Waals surface area contributed by atoms with E-state index in [9.17, 15) is 5.26 Å². The molecule has 0 amide bonds. The van der Waals surface area contributed by atoms with Crippen molar-refractivity contribution in [2.24, 2.45) is 5.92 Å². The molecule has 1 aliphatic carbocycles. The normalized spacial score (nSPS) is 18.6. The Bertz CT molecular complexity index is 748. The van der Waals surface area contributed by atoms with E-state index in [0.717, 1.165) is 31.1 Å². The van der Waals surface area contributed by atoms with E-state index in [2.05, 4.69) is 28.0 Å². The van der Waals surface area contributed by atoms with Gasteiger partial charge in [-0.1, -0.05) is 19.3 Å². The average molecular weight is 295 g/mol. The SMILES string of the molecule is Cc1nc2c(C#N)cnn2c2c1CCN2CC1CCCCC1. The van der Waals surface area contributed by atoms with Gasteiger partial charge in [0.15, 0.2) is 5.65 Å². The third kappa shape index (κ3) is 2.06. The quantitative estimate of drug-likeness (QED) is 0.855. The molecule has 2 aliphatic rings. The van der Waals surface area contributed by atoms with E-state index < -0.39 is 0 Å². The number of hydrogen-bond donors (Lipinski definition) is 0. The minimum atomic E-state index is 0.565. The number of hydrogen-bond acceptors (Lipinski definition) is 4. The summed E-state index contributed by atoms with van der Waals surface area (Å²) in [5, 5.41) is 13.7. The van der Waals surface area contributed by atoms with Crippen LogP contribution in [0.3, 0.4) is 0 Å². The van der Waals surface area contributed by atoms with E-state index in [-0.39, 0.29) is 0 Å². The van der Waals surface area contributed by atoms with Crippen LogP contribution in [-0.4, -0.2) is 27.7 Å². The maximum absolute atomic E-state index is 9.23. The lowest BCUT2D eigenvalue weighted by atomic mass is 9.89. The average Bonchev–Trinajstić information content (AvgIpc) is 3.12. The predicted molar refractivity (Wildman–Crippen MR) is 84.9 cm³/mol. The fourth-order valence-corrected chi connectivity index (χ4v) is 4.03. The van der Waals surface area contributed by atoms with Gasteiger partial charge in [-0.15, -0.1) is 0 Å². The van der Waals surface area contributed by atoms with Gasteiger partial charge in [0.05, 0.1) is 6.20 Å². The molecular formula is C17H21N5. The van der Waals surface area contributed by atoms with Crippen molar-refractivity contribution in [1.29, 1.82) is 5.26 Å². The molecule has 1 saturated carbocycles. The Balaban J connectivity index is 1.74. The lowest BCUT2D eigenvalue weighted by Gasteiger charge is -2.28. The van der Waals surface area contributed by atoms with E-state index >= 15 is 0 Å². The number of rotatable bonds is 2. The Hall–Kier alpha value is -2.09. The van der Waals surface area contributed by atoms with Gasteiger partial charge in [0.25, 0.3) is 0 Å². The zero-order chi connectivity index (χ0) is 15.1. The molecule has 5 heteroatoms. The van der Waals surface area contributed by atoms with Crippen molar-refractivity contribution in [2.75, 3.05) is 18.0 Å². The Kier molecular flexibility index (Phi) is 3.25. The van der Waals surface area contributed by atoms with E-state index in [1.807, 2.05) is 4.52 Å².